The van der Waals surface area contributed by atoms with Crippen LogP contribution in [0.5, 0.6) is 0 Å². The van der Waals surface area contributed by atoms with Crippen molar-refractivity contribution in [3.05, 3.63) is 0 Å². The third kappa shape index (κ3) is 2.80. The van der Waals surface area contributed by atoms with Gasteiger partial charge in [0.15, 0.2) is 0 Å². The van der Waals surface area contributed by atoms with Crippen molar-refractivity contribution in [1.82, 2.24) is 4.90 Å². The average Bonchev–Trinajstić information content (AvgIpc) is 2.20. The molecule has 0 aromatic carbocycles. The minimum atomic E-state index is 0.870. The van der Waals surface area contributed by atoms with Crippen molar-refractivity contribution in [2.24, 2.45) is 0 Å². The van der Waals surface area contributed by atoms with E-state index in [0.717, 1.165) is 36.3 Å². The highest BCUT2D eigenvalue weighted by Crippen LogP contribution is 2.28. The second-order valence-electron chi connectivity index (χ2n) is 4.05. The Labute approximate surface area is 94.1 Å². The largest absolute Gasteiger partial charge is 0.379 e. The highest BCUT2D eigenvalue weighted by molar-refractivity contribution is 14.1. The smallest absolute Gasteiger partial charge is 0.0594 e. The number of halogens is 1. The summed E-state index contributed by atoms with van der Waals surface area (Å²) in [6.45, 7) is 4.22. The van der Waals surface area contributed by atoms with Crippen LogP contribution in [0.4, 0.5) is 0 Å². The fraction of sp³-hybridized carbons (Fsp3) is 1.00. The van der Waals surface area contributed by atoms with Gasteiger partial charge in [-0.3, -0.25) is 4.90 Å². The Morgan fingerprint density at radius 1 is 1.00 bits per heavy atom. The summed E-state index contributed by atoms with van der Waals surface area (Å²) in [4.78, 5) is 2.63. The first kappa shape index (κ1) is 10.2. The molecular formula is C10H18INO. The van der Waals surface area contributed by atoms with Crippen LogP contribution in [0.2, 0.25) is 0 Å². The molecule has 0 spiro atoms. The maximum atomic E-state index is 5.37. The summed E-state index contributed by atoms with van der Waals surface area (Å²) < 4.78 is 6.31. The van der Waals surface area contributed by atoms with Gasteiger partial charge in [0.05, 0.1) is 13.2 Å². The van der Waals surface area contributed by atoms with Crippen molar-refractivity contribution < 1.29 is 4.74 Å². The zero-order chi connectivity index (χ0) is 9.10. The van der Waals surface area contributed by atoms with Gasteiger partial charge < -0.3 is 4.74 Å². The number of nitrogens with zero attached hydrogens (tertiary/aromatic N) is 1. The lowest BCUT2D eigenvalue weighted by atomic mass is 9.94. The van der Waals surface area contributed by atoms with Gasteiger partial charge in [-0.15, -0.1) is 0 Å². The third-order valence-electron chi connectivity index (χ3n) is 3.19. The number of morpholine rings is 1. The molecule has 0 unspecified atom stereocenters. The van der Waals surface area contributed by atoms with Crippen molar-refractivity contribution in [3.63, 3.8) is 0 Å². The average molecular weight is 295 g/mol. The molecule has 76 valence electrons. The molecule has 1 aliphatic heterocycles. The van der Waals surface area contributed by atoms with E-state index >= 15 is 0 Å². The van der Waals surface area contributed by atoms with Crippen LogP contribution in [0.25, 0.3) is 0 Å². The van der Waals surface area contributed by atoms with Gasteiger partial charge in [-0.2, -0.15) is 0 Å². The van der Waals surface area contributed by atoms with E-state index in [-0.39, 0.29) is 0 Å². The van der Waals surface area contributed by atoms with Crippen LogP contribution >= 0.6 is 22.6 Å². The van der Waals surface area contributed by atoms with E-state index in [4.69, 9.17) is 4.74 Å². The first-order valence-electron chi connectivity index (χ1n) is 5.32. The zero-order valence-electron chi connectivity index (χ0n) is 8.04. The number of hydrogen-bond acceptors (Lipinski definition) is 2. The van der Waals surface area contributed by atoms with E-state index in [9.17, 15) is 0 Å². The lowest BCUT2D eigenvalue weighted by Crippen LogP contribution is -2.45. The lowest BCUT2D eigenvalue weighted by molar-refractivity contribution is 0.00920. The van der Waals surface area contributed by atoms with E-state index in [0.29, 0.717) is 0 Å². The quantitative estimate of drug-likeness (QED) is 0.542. The van der Waals surface area contributed by atoms with E-state index in [1.807, 2.05) is 0 Å². The monoisotopic (exact) mass is 295 g/mol. The Morgan fingerprint density at radius 3 is 2.23 bits per heavy atom. The Bertz CT molecular complexity index is 151. The third-order valence-corrected chi connectivity index (χ3v) is 4.43. The van der Waals surface area contributed by atoms with Gasteiger partial charge in [-0.25, -0.2) is 0 Å². The van der Waals surface area contributed by atoms with Crippen molar-refractivity contribution in [2.75, 3.05) is 26.3 Å². The van der Waals surface area contributed by atoms with E-state index in [2.05, 4.69) is 27.5 Å². The highest BCUT2D eigenvalue weighted by Gasteiger charge is 2.25. The molecule has 1 saturated heterocycles. The summed E-state index contributed by atoms with van der Waals surface area (Å²) in [5.74, 6) is 0. The molecule has 0 bridgehead atoms. The summed E-state index contributed by atoms with van der Waals surface area (Å²) in [6.07, 6.45) is 5.66. The SMILES string of the molecule is I[C@H]1CC[C@@H](N2CCOCC2)CC1. The molecule has 2 rings (SSSR count). The maximum Gasteiger partial charge on any atom is 0.0594 e. The first-order chi connectivity index (χ1) is 6.36. The van der Waals surface area contributed by atoms with Gasteiger partial charge in [0, 0.05) is 23.1 Å². The molecular weight excluding hydrogens is 277 g/mol. The molecule has 13 heavy (non-hydrogen) atoms. The lowest BCUT2D eigenvalue weighted by Gasteiger charge is -2.37. The molecule has 3 heteroatoms. The Balaban J connectivity index is 1.79. The van der Waals surface area contributed by atoms with Crippen molar-refractivity contribution in [1.29, 1.82) is 0 Å². The van der Waals surface area contributed by atoms with E-state index in [1.165, 1.54) is 25.7 Å². The van der Waals surface area contributed by atoms with Crippen molar-refractivity contribution >= 4 is 22.6 Å². The van der Waals surface area contributed by atoms with Gasteiger partial charge in [0.2, 0.25) is 0 Å². The number of ether oxygens (including phenoxy) is 1. The summed E-state index contributed by atoms with van der Waals surface area (Å²) in [6, 6.07) is 0.870. The molecule has 0 aromatic rings. The minimum Gasteiger partial charge on any atom is -0.379 e. The first-order valence-corrected chi connectivity index (χ1v) is 6.56. The van der Waals surface area contributed by atoms with Crippen LogP contribution in [-0.2, 0) is 4.74 Å². The molecule has 0 radical (unpaired) electrons. The standard InChI is InChI=1S/C10H18INO/c11-9-1-3-10(4-2-9)12-5-7-13-8-6-12/h9-10H,1-8H2/t9-,10+. The van der Waals surface area contributed by atoms with Crippen LogP contribution in [0.1, 0.15) is 25.7 Å². The topological polar surface area (TPSA) is 12.5 Å². The molecule has 2 fully saturated rings. The normalized spacial score (nSPS) is 37.6. The molecule has 1 aliphatic carbocycles. The molecule has 0 N–H and O–H groups in total. The summed E-state index contributed by atoms with van der Waals surface area (Å²) >= 11 is 2.59. The highest BCUT2D eigenvalue weighted by atomic mass is 127. The molecule has 2 aliphatic rings. The molecule has 0 atom stereocenters. The van der Waals surface area contributed by atoms with Crippen LogP contribution in [-0.4, -0.2) is 41.2 Å². The zero-order valence-corrected chi connectivity index (χ0v) is 10.2. The maximum absolute atomic E-state index is 5.37. The van der Waals surface area contributed by atoms with Gasteiger partial charge in [0.1, 0.15) is 0 Å². The van der Waals surface area contributed by atoms with Crippen LogP contribution in [0.15, 0.2) is 0 Å². The predicted molar refractivity (Wildman–Crippen MR) is 62.5 cm³/mol. The Hall–Kier alpha value is 0.650. The summed E-state index contributed by atoms with van der Waals surface area (Å²) in [5.41, 5.74) is 0. The van der Waals surface area contributed by atoms with Gasteiger partial charge in [0.25, 0.3) is 0 Å². The van der Waals surface area contributed by atoms with Crippen LogP contribution < -0.4 is 0 Å². The van der Waals surface area contributed by atoms with Crippen molar-refractivity contribution in [3.8, 4) is 0 Å². The van der Waals surface area contributed by atoms with Gasteiger partial charge >= 0.3 is 0 Å². The Kier molecular flexibility index (Phi) is 3.86. The van der Waals surface area contributed by atoms with E-state index < -0.39 is 0 Å². The fourth-order valence-electron chi connectivity index (χ4n) is 2.34. The molecule has 2 nitrogen and oxygen atoms in total. The van der Waals surface area contributed by atoms with E-state index in [1.54, 1.807) is 0 Å². The molecule has 1 heterocycles. The van der Waals surface area contributed by atoms with Gasteiger partial charge in [-0.05, 0) is 25.7 Å². The van der Waals surface area contributed by atoms with Crippen molar-refractivity contribution in [2.45, 2.75) is 35.6 Å². The molecule has 0 aromatic heterocycles. The summed E-state index contributed by atoms with van der Waals surface area (Å²) in [5, 5.41) is 0. The second-order valence-corrected chi connectivity index (χ2v) is 5.82. The van der Waals surface area contributed by atoms with Gasteiger partial charge in [-0.1, -0.05) is 22.6 Å². The second kappa shape index (κ2) is 4.94. The number of hydrogen-bond donors (Lipinski definition) is 0. The van der Waals surface area contributed by atoms with Crippen LogP contribution in [0, 0.1) is 0 Å². The minimum absolute atomic E-state index is 0.870. The Morgan fingerprint density at radius 2 is 1.62 bits per heavy atom. The predicted octanol–water partition coefficient (Wildman–Crippen LogP) is 2.06. The molecule has 1 saturated carbocycles. The molecule has 0 amide bonds. The number of rotatable bonds is 1. The van der Waals surface area contributed by atoms with Crippen LogP contribution in [0.3, 0.4) is 0 Å². The fourth-order valence-corrected chi connectivity index (χ4v) is 3.06. The summed E-state index contributed by atoms with van der Waals surface area (Å²) in [7, 11) is 0. The number of alkyl halides is 1.